The number of carboxylic acid groups (broad SMARTS) is 1. The molecule has 1 saturated heterocycles. The van der Waals surface area contributed by atoms with Gasteiger partial charge in [-0.05, 0) is 31.7 Å². The SMILES string of the molecule is CCOC(CN1CCC(C)C(C)C1)C(=O)O. The Labute approximate surface area is 97.6 Å². The fourth-order valence-electron chi connectivity index (χ4n) is 2.15. The Morgan fingerprint density at radius 1 is 1.50 bits per heavy atom. The summed E-state index contributed by atoms with van der Waals surface area (Å²) in [7, 11) is 0. The summed E-state index contributed by atoms with van der Waals surface area (Å²) in [6.45, 7) is 9.26. The van der Waals surface area contributed by atoms with Gasteiger partial charge < -0.3 is 9.84 Å². The predicted octanol–water partition coefficient (Wildman–Crippen LogP) is 1.45. The van der Waals surface area contributed by atoms with E-state index in [4.69, 9.17) is 9.84 Å². The molecule has 16 heavy (non-hydrogen) atoms. The van der Waals surface area contributed by atoms with Gasteiger partial charge in [-0.25, -0.2) is 4.79 Å². The quantitative estimate of drug-likeness (QED) is 0.775. The molecule has 0 aliphatic carbocycles. The van der Waals surface area contributed by atoms with E-state index in [1.807, 2.05) is 6.92 Å². The maximum absolute atomic E-state index is 11.0. The van der Waals surface area contributed by atoms with Crippen LogP contribution < -0.4 is 0 Å². The van der Waals surface area contributed by atoms with Gasteiger partial charge in [-0.15, -0.1) is 0 Å². The Morgan fingerprint density at radius 2 is 2.19 bits per heavy atom. The van der Waals surface area contributed by atoms with E-state index in [9.17, 15) is 4.79 Å². The lowest BCUT2D eigenvalue weighted by atomic mass is 9.88. The van der Waals surface area contributed by atoms with E-state index in [1.165, 1.54) is 0 Å². The van der Waals surface area contributed by atoms with Crippen LogP contribution in [0.15, 0.2) is 0 Å². The molecular weight excluding hydrogens is 206 g/mol. The van der Waals surface area contributed by atoms with Crippen LogP contribution in [-0.2, 0) is 9.53 Å². The van der Waals surface area contributed by atoms with Crippen molar-refractivity contribution in [2.45, 2.75) is 33.3 Å². The van der Waals surface area contributed by atoms with Gasteiger partial charge in [-0.3, -0.25) is 4.90 Å². The third kappa shape index (κ3) is 3.76. The lowest BCUT2D eigenvalue weighted by Crippen LogP contribution is -2.45. The minimum Gasteiger partial charge on any atom is -0.479 e. The number of nitrogens with zero attached hydrogens (tertiary/aromatic N) is 1. The summed E-state index contributed by atoms with van der Waals surface area (Å²) in [4.78, 5) is 13.2. The van der Waals surface area contributed by atoms with Gasteiger partial charge in [0, 0.05) is 19.7 Å². The van der Waals surface area contributed by atoms with Crippen LogP contribution in [0.3, 0.4) is 0 Å². The molecule has 0 radical (unpaired) electrons. The number of carboxylic acids is 1. The second-order valence-electron chi connectivity index (χ2n) is 4.79. The molecule has 1 aliphatic heterocycles. The smallest absolute Gasteiger partial charge is 0.334 e. The molecule has 0 spiro atoms. The molecule has 3 unspecified atom stereocenters. The molecule has 0 saturated carbocycles. The fourth-order valence-corrected chi connectivity index (χ4v) is 2.15. The topological polar surface area (TPSA) is 49.8 Å². The molecule has 3 atom stereocenters. The minimum atomic E-state index is -0.854. The molecule has 1 N–H and O–H groups in total. The van der Waals surface area contributed by atoms with Gasteiger partial charge in [0.05, 0.1) is 0 Å². The zero-order valence-electron chi connectivity index (χ0n) is 10.5. The van der Waals surface area contributed by atoms with Gasteiger partial charge in [-0.2, -0.15) is 0 Å². The summed E-state index contributed by atoms with van der Waals surface area (Å²) in [6.07, 6.45) is 0.477. The van der Waals surface area contributed by atoms with E-state index in [1.54, 1.807) is 0 Å². The van der Waals surface area contributed by atoms with Crippen LogP contribution in [0.1, 0.15) is 27.2 Å². The van der Waals surface area contributed by atoms with Crippen LogP contribution in [-0.4, -0.2) is 48.3 Å². The fraction of sp³-hybridized carbons (Fsp3) is 0.917. The van der Waals surface area contributed by atoms with E-state index in [-0.39, 0.29) is 0 Å². The molecule has 1 heterocycles. The van der Waals surface area contributed by atoms with Crippen molar-refractivity contribution < 1.29 is 14.6 Å². The van der Waals surface area contributed by atoms with Crippen LogP contribution in [0.2, 0.25) is 0 Å². The van der Waals surface area contributed by atoms with E-state index >= 15 is 0 Å². The van der Waals surface area contributed by atoms with Gasteiger partial charge in [0.2, 0.25) is 0 Å². The van der Waals surface area contributed by atoms with Crippen molar-refractivity contribution in [3.05, 3.63) is 0 Å². The third-order valence-corrected chi connectivity index (χ3v) is 3.49. The Bertz CT molecular complexity index is 232. The lowest BCUT2D eigenvalue weighted by molar-refractivity contribution is -0.151. The molecule has 4 heteroatoms. The Balaban J connectivity index is 2.43. The van der Waals surface area contributed by atoms with Crippen molar-refractivity contribution in [2.75, 3.05) is 26.2 Å². The zero-order chi connectivity index (χ0) is 12.1. The Morgan fingerprint density at radius 3 is 2.69 bits per heavy atom. The average molecular weight is 229 g/mol. The molecule has 4 nitrogen and oxygen atoms in total. The summed E-state index contributed by atoms with van der Waals surface area (Å²) < 4.78 is 5.23. The lowest BCUT2D eigenvalue weighted by Gasteiger charge is -2.36. The molecular formula is C12H23NO3. The highest BCUT2D eigenvalue weighted by molar-refractivity contribution is 5.72. The molecule has 94 valence electrons. The minimum absolute atomic E-state index is 0.455. The summed E-state index contributed by atoms with van der Waals surface area (Å²) in [5.41, 5.74) is 0. The second-order valence-corrected chi connectivity index (χ2v) is 4.79. The highest BCUT2D eigenvalue weighted by atomic mass is 16.5. The first-order valence-corrected chi connectivity index (χ1v) is 6.11. The number of aliphatic carboxylic acids is 1. The van der Waals surface area contributed by atoms with E-state index in [0.29, 0.717) is 19.1 Å². The number of ether oxygens (including phenoxy) is 1. The van der Waals surface area contributed by atoms with Crippen LogP contribution >= 0.6 is 0 Å². The molecule has 0 aromatic rings. The summed E-state index contributed by atoms with van der Waals surface area (Å²) in [6, 6.07) is 0. The predicted molar refractivity (Wildman–Crippen MR) is 62.4 cm³/mol. The van der Waals surface area contributed by atoms with Crippen molar-refractivity contribution in [3.63, 3.8) is 0 Å². The van der Waals surface area contributed by atoms with Crippen molar-refractivity contribution in [2.24, 2.45) is 11.8 Å². The van der Waals surface area contributed by atoms with Crippen LogP contribution in [0.5, 0.6) is 0 Å². The number of hydrogen-bond acceptors (Lipinski definition) is 3. The zero-order valence-corrected chi connectivity index (χ0v) is 10.5. The van der Waals surface area contributed by atoms with Crippen molar-refractivity contribution in [1.82, 2.24) is 4.90 Å². The monoisotopic (exact) mass is 229 g/mol. The summed E-state index contributed by atoms with van der Waals surface area (Å²) in [5, 5.41) is 9.00. The molecule has 1 aliphatic rings. The molecule has 1 fully saturated rings. The standard InChI is InChI=1S/C12H23NO3/c1-4-16-11(12(14)15)8-13-6-5-9(2)10(3)7-13/h9-11H,4-8H2,1-3H3,(H,14,15). The number of hydrogen-bond donors (Lipinski definition) is 1. The first-order chi connectivity index (χ1) is 7.54. The number of piperidine rings is 1. The molecule has 0 aromatic heterocycles. The van der Waals surface area contributed by atoms with Gasteiger partial charge >= 0.3 is 5.97 Å². The van der Waals surface area contributed by atoms with Crippen LogP contribution in [0.4, 0.5) is 0 Å². The molecule has 0 bridgehead atoms. The summed E-state index contributed by atoms with van der Waals surface area (Å²) in [5.74, 6) is 0.532. The maximum atomic E-state index is 11.0. The van der Waals surface area contributed by atoms with E-state index in [0.717, 1.165) is 25.4 Å². The van der Waals surface area contributed by atoms with E-state index in [2.05, 4.69) is 18.7 Å². The Kier molecular flexibility index (Phi) is 5.22. The highest BCUT2D eigenvalue weighted by Gasteiger charge is 2.27. The summed E-state index contributed by atoms with van der Waals surface area (Å²) >= 11 is 0. The Hall–Kier alpha value is -0.610. The van der Waals surface area contributed by atoms with Crippen LogP contribution in [0, 0.1) is 11.8 Å². The third-order valence-electron chi connectivity index (χ3n) is 3.49. The number of likely N-dealkylation sites (tertiary alicyclic amines) is 1. The largest absolute Gasteiger partial charge is 0.479 e. The van der Waals surface area contributed by atoms with Crippen molar-refractivity contribution in [3.8, 4) is 0 Å². The average Bonchev–Trinajstić information content (AvgIpc) is 2.22. The number of carbonyl (C=O) groups is 1. The molecule has 0 aromatic carbocycles. The second kappa shape index (κ2) is 6.21. The molecule has 0 amide bonds. The normalized spacial score (nSPS) is 28.9. The van der Waals surface area contributed by atoms with Gasteiger partial charge in [0.15, 0.2) is 6.10 Å². The first-order valence-electron chi connectivity index (χ1n) is 6.11. The van der Waals surface area contributed by atoms with E-state index < -0.39 is 12.1 Å². The molecule has 1 rings (SSSR count). The van der Waals surface area contributed by atoms with Crippen molar-refractivity contribution in [1.29, 1.82) is 0 Å². The number of rotatable bonds is 5. The van der Waals surface area contributed by atoms with Gasteiger partial charge in [-0.1, -0.05) is 13.8 Å². The first kappa shape index (κ1) is 13.5. The van der Waals surface area contributed by atoms with Gasteiger partial charge in [0.25, 0.3) is 0 Å². The van der Waals surface area contributed by atoms with Crippen LogP contribution in [0.25, 0.3) is 0 Å². The maximum Gasteiger partial charge on any atom is 0.334 e. The van der Waals surface area contributed by atoms with Gasteiger partial charge in [0.1, 0.15) is 0 Å². The van der Waals surface area contributed by atoms with Crippen molar-refractivity contribution >= 4 is 5.97 Å². The highest BCUT2D eigenvalue weighted by Crippen LogP contribution is 2.22.